The minimum atomic E-state index is 1.31. The van der Waals surface area contributed by atoms with Crippen LogP contribution in [0, 0.1) is 0 Å². The maximum Gasteiger partial charge on any atom is 0.000442 e. The molecule has 0 atom stereocenters. The van der Waals surface area contributed by atoms with Gasteiger partial charge in [0.1, 0.15) is 0 Å². The van der Waals surface area contributed by atoms with E-state index in [0.29, 0.717) is 0 Å². The summed E-state index contributed by atoms with van der Waals surface area (Å²) in [6.07, 6.45) is 11.6. The molecular weight excluding hydrogens is 326 g/mol. The Hall–Kier alpha value is -3.58. The third-order valence-electron chi connectivity index (χ3n) is 4.04. The first-order valence-corrected chi connectivity index (χ1v) is 9.05. The van der Waals surface area contributed by atoms with E-state index in [1.54, 1.807) is 0 Å². The van der Waals surface area contributed by atoms with Gasteiger partial charge >= 0.3 is 0 Å². The second-order valence-electron chi connectivity index (χ2n) is 5.96. The molecular formula is C26H23N. The first-order chi connectivity index (χ1) is 13.4. The molecule has 27 heavy (non-hydrogen) atoms. The van der Waals surface area contributed by atoms with Gasteiger partial charge in [0.25, 0.3) is 0 Å². The summed E-state index contributed by atoms with van der Waals surface area (Å²) in [4.78, 5) is 0. The van der Waals surface area contributed by atoms with E-state index in [2.05, 4.69) is 102 Å². The Balaban J connectivity index is 0.000000119. The molecule has 1 heteroatoms. The lowest BCUT2D eigenvalue weighted by Gasteiger charge is -1.92. The van der Waals surface area contributed by atoms with Gasteiger partial charge < -0.3 is 5.32 Å². The molecule has 0 radical (unpaired) electrons. The van der Waals surface area contributed by atoms with Crippen molar-refractivity contribution in [1.29, 1.82) is 0 Å². The zero-order chi connectivity index (χ0) is 18.6. The molecule has 132 valence electrons. The van der Waals surface area contributed by atoms with Crippen LogP contribution in [0.1, 0.15) is 0 Å². The highest BCUT2D eigenvalue weighted by molar-refractivity contribution is 5.82. The predicted octanol–water partition coefficient (Wildman–Crippen LogP) is 6.85. The highest BCUT2D eigenvalue weighted by Gasteiger charge is 1.86. The van der Waals surface area contributed by atoms with Gasteiger partial charge in [-0.1, -0.05) is 109 Å². The van der Waals surface area contributed by atoms with Gasteiger partial charge in [0.05, 0.1) is 0 Å². The fourth-order valence-corrected chi connectivity index (χ4v) is 2.67. The summed E-state index contributed by atoms with van der Waals surface area (Å²) in [7, 11) is 0. The maximum atomic E-state index is 2.92. The van der Waals surface area contributed by atoms with E-state index in [1.807, 2.05) is 36.7 Å². The van der Waals surface area contributed by atoms with Gasteiger partial charge in [-0.15, -0.1) is 0 Å². The standard InChI is InChI=1S/2C10H8.C6H7N/c2*1-2-6-10-8-4-3-7-9(10)5-1;1-2-4-6-7-5-3-1/h2*1-8H;1-7H. The zero-order valence-electron chi connectivity index (χ0n) is 15.2. The first kappa shape index (κ1) is 18.2. The van der Waals surface area contributed by atoms with E-state index < -0.39 is 0 Å². The smallest absolute Gasteiger partial charge is 0.000442 e. The summed E-state index contributed by atoms with van der Waals surface area (Å²) in [5, 5.41) is 8.16. The number of hydrogen-bond donors (Lipinski definition) is 1. The van der Waals surface area contributed by atoms with Crippen molar-refractivity contribution in [3.63, 3.8) is 0 Å². The van der Waals surface area contributed by atoms with Gasteiger partial charge in [-0.3, -0.25) is 0 Å². The van der Waals surface area contributed by atoms with E-state index in [0.717, 1.165) is 0 Å². The van der Waals surface area contributed by atoms with Crippen molar-refractivity contribution in [2.24, 2.45) is 0 Å². The van der Waals surface area contributed by atoms with Crippen molar-refractivity contribution in [2.45, 2.75) is 0 Å². The van der Waals surface area contributed by atoms with E-state index in [-0.39, 0.29) is 0 Å². The summed E-state index contributed by atoms with van der Waals surface area (Å²) < 4.78 is 0. The van der Waals surface area contributed by atoms with Crippen LogP contribution in [0.25, 0.3) is 21.5 Å². The van der Waals surface area contributed by atoms with Crippen molar-refractivity contribution >= 4 is 21.5 Å². The topological polar surface area (TPSA) is 12.0 Å². The van der Waals surface area contributed by atoms with Crippen LogP contribution in [0.3, 0.4) is 0 Å². The number of allylic oxidation sites excluding steroid dienone is 4. The third kappa shape index (κ3) is 6.02. The van der Waals surface area contributed by atoms with Crippen molar-refractivity contribution in [3.05, 3.63) is 134 Å². The average molecular weight is 349 g/mol. The molecule has 1 heterocycles. The Labute approximate surface area is 161 Å². The molecule has 5 rings (SSSR count). The normalized spacial score (nSPS) is 11.6. The number of benzene rings is 4. The molecule has 0 aromatic heterocycles. The zero-order valence-corrected chi connectivity index (χ0v) is 15.2. The van der Waals surface area contributed by atoms with Gasteiger partial charge in [-0.05, 0) is 33.7 Å². The summed E-state index contributed by atoms with van der Waals surface area (Å²) in [6.45, 7) is 0. The van der Waals surface area contributed by atoms with E-state index in [1.165, 1.54) is 21.5 Å². The fourth-order valence-electron chi connectivity index (χ4n) is 2.67. The van der Waals surface area contributed by atoms with Crippen LogP contribution in [0.15, 0.2) is 134 Å². The molecule has 0 aliphatic carbocycles. The Morgan fingerprint density at radius 2 is 0.593 bits per heavy atom. The van der Waals surface area contributed by atoms with Crippen LogP contribution in [0.4, 0.5) is 0 Å². The Kier molecular flexibility index (Phi) is 7.03. The first-order valence-electron chi connectivity index (χ1n) is 9.05. The molecule has 0 amide bonds. The van der Waals surface area contributed by atoms with Crippen molar-refractivity contribution in [3.8, 4) is 0 Å². The van der Waals surface area contributed by atoms with Gasteiger partial charge in [0.15, 0.2) is 0 Å². The molecule has 4 aromatic rings. The quantitative estimate of drug-likeness (QED) is 0.366. The fraction of sp³-hybridized carbons (Fsp3) is 0. The van der Waals surface area contributed by atoms with Crippen LogP contribution >= 0.6 is 0 Å². The maximum absolute atomic E-state index is 2.92. The molecule has 1 aliphatic rings. The number of nitrogens with one attached hydrogen (secondary N) is 1. The minimum Gasteiger partial charge on any atom is -0.368 e. The molecule has 0 saturated carbocycles. The van der Waals surface area contributed by atoms with Crippen LogP contribution in [0.5, 0.6) is 0 Å². The van der Waals surface area contributed by atoms with Gasteiger partial charge in [0.2, 0.25) is 0 Å². The second-order valence-corrected chi connectivity index (χ2v) is 5.96. The average Bonchev–Trinajstić information content (AvgIpc) is 3.08. The van der Waals surface area contributed by atoms with Gasteiger partial charge in [0, 0.05) is 12.4 Å². The predicted molar refractivity (Wildman–Crippen MR) is 118 cm³/mol. The van der Waals surface area contributed by atoms with Crippen LogP contribution in [-0.4, -0.2) is 0 Å². The van der Waals surface area contributed by atoms with Crippen LogP contribution in [-0.2, 0) is 0 Å². The molecule has 0 saturated heterocycles. The molecule has 1 aliphatic heterocycles. The molecule has 0 fully saturated rings. The van der Waals surface area contributed by atoms with Crippen LogP contribution < -0.4 is 5.32 Å². The molecule has 4 aromatic carbocycles. The van der Waals surface area contributed by atoms with Gasteiger partial charge in [-0.2, -0.15) is 0 Å². The summed E-state index contributed by atoms with van der Waals surface area (Å²) >= 11 is 0. The molecule has 0 bridgehead atoms. The summed E-state index contributed by atoms with van der Waals surface area (Å²) in [6, 6.07) is 33.4. The number of rotatable bonds is 0. The van der Waals surface area contributed by atoms with Crippen molar-refractivity contribution < 1.29 is 0 Å². The highest BCUT2D eigenvalue weighted by atomic mass is 14.8. The van der Waals surface area contributed by atoms with E-state index in [4.69, 9.17) is 0 Å². The van der Waals surface area contributed by atoms with E-state index >= 15 is 0 Å². The number of hydrogen-bond acceptors (Lipinski definition) is 1. The van der Waals surface area contributed by atoms with E-state index in [9.17, 15) is 0 Å². The number of fused-ring (bicyclic) bond motifs is 2. The molecule has 0 unspecified atom stereocenters. The third-order valence-corrected chi connectivity index (χ3v) is 4.04. The highest BCUT2D eigenvalue weighted by Crippen LogP contribution is 2.12. The van der Waals surface area contributed by atoms with Crippen LogP contribution in [0.2, 0.25) is 0 Å². The second kappa shape index (κ2) is 10.4. The van der Waals surface area contributed by atoms with Gasteiger partial charge in [-0.25, -0.2) is 0 Å². The summed E-state index contributed by atoms with van der Waals surface area (Å²) in [5.74, 6) is 0. The Morgan fingerprint density at radius 1 is 0.333 bits per heavy atom. The molecule has 1 nitrogen and oxygen atoms in total. The largest absolute Gasteiger partial charge is 0.368 e. The van der Waals surface area contributed by atoms with Crippen molar-refractivity contribution in [1.82, 2.24) is 5.32 Å². The Bertz CT molecular complexity index is 841. The SMILES string of the molecule is C1=CC=CNC=C1.c1ccc2ccccc2c1.c1ccc2ccccc2c1. The molecule has 0 spiro atoms. The minimum absolute atomic E-state index is 1.31. The summed E-state index contributed by atoms with van der Waals surface area (Å²) in [5.41, 5.74) is 0. The Morgan fingerprint density at radius 3 is 0.852 bits per heavy atom. The monoisotopic (exact) mass is 349 g/mol. The van der Waals surface area contributed by atoms with Crippen molar-refractivity contribution in [2.75, 3.05) is 0 Å². The molecule has 1 N–H and O–H groups in total. The lowest BCUT2D eigenvalue weighted by Crippen LogP contribution is -1.87. The lowest BCUT2D eigenvalue weighted by atomic mass is 10.1. The lowest BCUT2D eigenvalue weighted by molar-refractivity contribution is 1.20.